The molecule has 0 bridgehead atoms. The van der Waals surface area contributed by atoms with Crippen molar-refractivity contribution in [1.29, 1.82) is 0 Å². The van der Waals surface area contributed by atoms with Gasteiger partial charge >= 0.3 is 11.9 Å². The fourth-order valence-corrected chi connectivity index (χ4v) is 2.44. The first-order valence-corrected chi connectivity index (χ1v) is 7.54. The number of hydrogen-bond donors (Lipinski definition) is 1. The number of rotatable bonds is 2. The van der Waals surface area contributed by atoms with E-state index in [1.54, 1.807) is 18.2 Å². The average molecular weight is 399 g/mol. The highest BCUT2D eigenvalue weighted by atomic mass is 79.9. The molecule has 1 aromatic carbocycles. The van der Waals surface area contributed by atoms with Crippen molar-refractivity contribution in [3.63, 3.8) is 0 Å². The molecule has 5 nitrogen and oxygen atoms in total. The van der Waals surface area contributed by atoms with E-state index in [-0.39, 0.29) is 11.4 Å². The van der Waals surface area contributed by atoms with Crippen LogP contribution in [-0.4, -0.2) is 19.7 Å². The van der Waals surface area contributed by atoms with Crippen LogP contribution >= 0.6 is 15.9 Å². The quantitative estimate of drug-likeness (QED) is 0.715. The Morgan fingerprint density at radius 2 is 1.96 bits per heavy atom. The van der Waals surface area contributed by atoms with Gasteiger partial charge in [-0.1, -0.05) is 22.0 Å². The fraction of sp³-hybridized carbons (Fsp3) is 0.133. The van der Waals surface area contributed by atoms with Crippen LogP contribution in [0.5, 0.6) is 0 Å². The first kappa shape index (κ1) is 16.4. The second-order valence-electron chi connectivity index (χ2n) is 5.05. The van der Waals surface area contributed by atoms with E-state index in [1.807, 2.05) is 6.92 Å². The molecular formula is C15H10BrF3N4O. The molecule has 0 saturated carbocycles. The van der Waals surface area contributed by atoms with Gasteiger partial charge in [-0.25, -0.2) is 4.79 Å². The molecule has 124 valence electrons. The molecule has 3 aromatic rings. The molecule has 2 aromatic heterocycles. The van der Waals surface area contributed by atoms with Crippen LogP contribution in [0.2, 0.25) is 0 Å². The van der Waals surface area contributed by atoms with Gasteiger partial charge in [-0.05, 0) is 36.8 Å². The van der Waals surface area contributed by atoms with Gasteiger partial charge in [-0.2, -0.15) is 17.9 Å². The molecule has 0 radical (unpaired) electrons. The third-order valence-corrected chi connectivity index (χ3v) is 4.20. The zero-order valence-electron chi connectivity index (χ0n) is 12.2. The van der Waals surface area contributed by atoms with Gasteiger partial charge in [-0.3, -0.25) is 9.97 Å². The average Bonchev–Trinajstić information content (AvgIpc) is 2.91. The lowest BCUT2D eigenvalue weighted by molar-refractivity contribution is -0.141. The Bertz CT molecular complexity index is 962. The Balaban J connectivity index is 2.06. The van der Waals surface area contributed by atoms with Crippen molar-refractivity contribution in [2.75, 3.05) is 0 Å². The van der Waals surface area contributed by atoms with Crippen molar-refractivity contribution in [3.05, 3.63) is 62.7 Å². The van der Waals surface area contributed by atoms with Crippen LogP contribution in [0, 0.1) is 6.92 Å². The van der Waals surface area contributed by atoms with E-state index < -0.39 is 17.6 Å². The Morgan fingerprint density at radius 3 is 2.62 bits per heavy atom. The minimum Gasteiger partial charge on any atom is -0.288 e. The largest absolute Gasteiger partial charge is 0.433 e. The van der Waals surface area contributed by atoms with Crippen molar-refractivity contribution < 1.29 is 13.2 Å². The maximum atomic E-state index is 12.8. The summed E-state index contributed by atoms with van der Waals surface area (Å²) in [5.41, 5.74) is -0.00413. The summed E-state index contributed by atoms with van der Waals surface area (Å²) < 4.78 is 40.1. The van der Waals surface area contributed by atoms with Gasteiger partial charge in [0, 0.05) is 16.2 Å². The second kappa shape index (κ2) is 5.90. The van der Waals surface area contributed by atoms with Gasteiger partial charge in [-0.15, -0.1) is 5.10 Å². The zero-order chi connectivity index (χ0) is 17.5. The van der Waals surface area contributed by atoms with E-state index in [9.17, 15) is 18.0 Å². The fourth-order valence-electron chi connectivity index (χ4n) is 2.08. The standard InChI is InChI=1S/C15H10BrF3N4O/c1-8-2-3-10(7-11(8)16)23-14(24)21-13(22-23)9-4-5-20-12(6-9)15(17,18)19/h2-7H,1H3,(H,21,22,24). The van der Waals surface area contributed by atoms with E-state index in [0.29, 0.717) is 5.69 Å². The molecule has 0 unspecified atom stereocenters. The molecule has 3 rings (SSSR count). The van der Waals surface area contributed by atoms with Crippen LogP contribution in [0.3, 0.4) is 0 Å². The summed E-state index contributed by atoms with van der Waals surface area (Å²) in [5.74, 6) is 0.0320. The van der Waals surface area contributed by atoms with E-state index in [1.165, 1.54) is 6.07 Å². The number of aromatic nitrogens is 4. The van der Waals surface area contributed by atoms with Gasteiger partial charge in [0.2, 0.25) is 0 Å². The first-order valence-electron chi connectivity index (χ1n) is 6.75. The predicted molar refractivity (Wildman–Crippen MR) is 84.9 cm³/mol. The van der Waals surface area contributed by atoms with Gasteiger partial charge in [0.15, 0.2) is 5.82 Å². The Labute approximate surface area is 142 Å². The molecule has 0 spiro atoms. The number of nitrogens with one attached hydrogen (secondary N) is 1. The molecule has 1 N–H and O–H groups in total. The summed E-state index contributed by atoms with van der Waals surface area (Å²) >= 11 is 3.36. The molecule has 9 heteroatoms. The number of alkyl halides is 3. The van der Waals surface area contributed by atoms with Crippen molar-refractivity contribution in [1.82, 2.24) is 19.7 Å². The van der Waals surface area contributed by atoms with Gasteiger partial charge in [0.05, 0.1) is 5.69 Å². The van der Waals surface area contributed by atoms with Crippen molar-refractivity contribution in [2.24, 2.45) is 0 Å². The van der Waals surface area contributed by atoms with Crippen LogP contribution in [0.4, 0.5) is 13.2 Å². The summed E-state index contributed by atoms with van der Waals surface area (Å²) in [5, 5.41) is 4.08. The van der Waals surface area contributed by atoms with Crippen LogP contribution in [0.15, 0.2) is 45.8 Å². The number of benzene rings is 1. The molecule has 2 heterocycles. The monoisotopic (exact) mass is 398 g/mol. The number of aryl methyl sites for hydroxylation is 1. The minimum absolute atomic E-state index is 0.0320. The maximum Gasteiger partial charge on any atom is 0.433 e. The third-order valence-electron chi connectivity index (χ3n) is 3.34. The van der Waals surface area contributed by atoms with Gasteiger partial charge < -0.3 is 0 Å². The highest BCUT2D eigenvalue weighted by molar-refractivity contribution is 9.10. The molecule has 0 amide bonds. The third kappa shape index (κ3) is 3.12. The predicted octanol–water partition coefficient (Wildman–Crippen LogP) is 3.71. The number of H-pyrrole nitrogens is 1. The van der Waals surface area contributed by atoms with Crippen LogP contribution in [0.25, 0.3) is 17.1 Å². The first-order chi connectivity index (χ1) is 11.3. The topological polar surface area (TPSA) is 63.6 Å². The lowest BCUT2D eigenvalue weighted by atomic mass is 10.2. The molecular weight excluding hydrogens is 389 g/mol. The number of aromatic amines is 1. The minimum atomic E-state index is -4.57. The second-order valence-corrected chi connectivity index (χ2v) is 5.91. The van der Waals surface area contributed by atoms with E-state index in [4.69, 9.17) is 0 Å². The SMILES string of the molecule is Cc1ccc(-n2nc(-c3ccnc(C(F)(F)F)c3)[nH]c2=O)cc1Br. The van der Waals surface area contributed by atoms with E-state index in [0.717, 1.165) is 27.0 Å². The smallest absolute Gasteiger partial charge is 0.288 e. The van der Waals surface area contributed by atoms with E-state index in [2.05, 4.69) is 31.0 Å². The lowest BCUT2D eigenvalue weighted by Crippen LogP contribution is -2.15. The van der Waals surface area contributed by atoms with Crippen molar-refractivity contribution in [2.45, 2.75) is 13.1 Å². The molecule has 24 heavy (non-hydrogen) atoms. The summed E-state index contributed by atoms with van der Waals surface area (Å²) in [7, 11) is 0. The number of hydrogen-bond acceptors (Lipinski definition) is 3. The van der Waals surface area contributed by atoms with Crippen molar-refractivity contribution in [3.8, 4) is 17.1 Å². The van der Waals surface area contributed by atoms with Gasteiger partial charge in [0.25, 0.3) is 0 Å². The summed E-state index contributed by atoms with van der Waals surface area (Å²) in [6, 6.07) is 7.39. The maximum absolute atomic E-state index is 12.8. The Morgan fingerprint density at radius 1 is 1.21 bits per heavy atom. The number of nitrogens with zero attached hydrogens (tertiary/aromatic N) is 3. The summed E-state index contributed by atoms with van der Waals surface area (Å²) in [6.07, 6.45) is -3.54. The Kier molecular flexibility index (Phi) is 4.04. The number of pyridine rings is 1. The van der Waals surface area contributed by atoms with Gasteiger partial charge in [0.1, 0.15) is 5.69 Å². The van der Waals surface area contributed by atoms with Crippen LogP contribution < -0.4 is 5.69 Å². The molecule has 0 aliphatic carbocycles. The molecule has 0 saturated heterocycles. The molecule has 0 aliphatic rings. The zero-order valence-corrected chi connectivity index (χ0v) is 13.8. The lowest BCUT2D eigenvalue weighted by Gasteiger charge is -2.06. The normalized spacial score (nSPS) is 11.7. The van der Waals surface area contributed by atoms with Crippen LogP contribution in [-0.2, 0) is 6.18 Å². The van der Waals surface area contributed by atoms with Crippen LogP contribution in [0.1, 0.15) is 11.3 Å². The van der Waals surface area contributed by atoms with E-state index >= 15 is 0 Å². The highest BCUT2D eigenvalue weighted by Crippen LogP contribution is 2.29. The molecule has 0 atom stereocenters. The number of halogens is 4. The summed E-state index contributed by atoms with van der Waals surface area (Å²) in [4.78, 5) is 17.8. The van der Waals surface area contributed by atoms with Crippen molar-refractivity contribution >= 4 is 15.9 Å². The molecule has 0 aliphatic heterocycles. The summed E-state index contributed by atoms with van der Waals surface area (Å²) in [6.45, 7) is 1.89. The Hall–Kier alpha value is -2.42. The molecule has 0 fully saturated rings. The highest BCUT2D eigenvalue weighted by Gasteiger charge is 2.32.